The van der Waals surface area contributed by atoms with Crippen molar-refractivity contribution in [3.63, 3.8) is 0 Å². The average Bonchev–Trinajstić information content (AvgIpc) is 2.42. The Morgan fingerprint density at radius 1 is 1.29 bits per heavy atom. The average molecular weight is 465 g/mol. The number of rotatable bonds is 3. The highest BCUT2D eigenvalue weighted by atomic mass is 127. The third kappa shape index (κ3) is 3.76. The van der Waals surface area contributed by atoms with Gasteiger partial charge in [0.05, 0.1) is 16.2 Å². The molecule has 0 atom stereocenters. The minimum atomic E-state index is -0.569. The normalized spacial score (nSPS) is 10.2. The van der Waals surface area contributed by atoms with Gasteiger partial charge in [-0.05, 0) is 62.8 Å². The summed E-state index contributed by atoms with van der Waals surface area (Å²) in [7, 11) is 0. The molecule has 2 aromatic rings. The minimum absolute atomic E-state index is 0.168. The zero-order valence-corrected chi connectivity index (χ0v) is 14.0. The lowest BCUT2D eigenvalue weighted by molar-refractivity contribution is -0.384. The molecule has 0 aromatic heterocycles. The fourth-order valence-corrected chi connectivity index (χ4v) is 2.61. The molecule has 0 aliphatic heterocycles. The van der Waals surface area contributed by atoms with Crippen LogP contribution < -0.4 is 5.32 Å². The third-order valence-corrected chi connectivity index (χ3v) is 4.18. The first-order chi connectivity index (χ1) is 9.88. The fraction of sp³-hybridized carbons (Fsp3) is 0. The molecule has 0 aliphatic carbocycles. The van der Waals surface area contributed by atoms with Crippen molar-refractivity contribution in [3.05, 3.63) is 65.9 Å². The van der Waals surface area contributed by atoms with Crippen LogP contribution >= 0.6 is 38.5 Å². The van der Waals surface area contributed by atoms with Crippen LogP contribution in [0.5, 0.6) is 0 Å². The van der Waals surface area contributed by atoms with Crippen LogP contribution in [0.2, 0.25) is 0 Å². The Balaban J connectivity index is 2.32. The van der Waals surface area contributed by atoms with Crippen molar-refractivity contribution in [3.8, 4) is 0 Å². The number of nitro groups is 1. The van der Waals surface area contributed by atoms with Gasteiger partial charge in [0.15, 0.2) is 0 Å². The van der Waals surface area contributed by atoms with Crippen LogP contribution in [-0.2, 0) is 0 Å². The molecular weight excluding hydrogens is 458 g/mol. The molecular formula is C13H7BrFIN2O3. The summed E-state index contributed by atoms with van der Waals surface area (Å²) < 4.78 is 14.0. The van der Waals surface area contributed by atoms with E-state index in [1.807, 2.05) is 22.6 Å². The Morgan fingerprint density at radius 2 is 2.00 bits per heavy atom. The first kappa shape index (κ1) is 15.8. The van der Waals surface area contributed by atoms with Gasteiger partial charge in [0.1, 0.15) is 5.82 Å². The Hall–Kier alpha value is -1.55. The molecule has 0 radical (unpaired) electrons. The van der Waals surface area contributed by atoms with Crippen molar-refractivity contribution in [2.45, 2.75) is 0 Å². The molecule has 2 rings (SSSR count). The SMILES string of the molecule is O=C(Nc1ccc(F)cc1Br)c1cc([N+](=O)[O-])ccc1I. The Kier molecular flexibility index (Phi) is 4.88. The van der Waals surface area contributed by atoms with Crippen molar-refractivity contribution in [1.82, 2.24) is 0 Å². The quantitative estimate of drug-likeness (QED) is 0.417. The van der Waals surface area contributed by atoms with E-state index in [-0.39, 0.29) is 11.3 Å². The maximum Gasteiger partial charge on any atom is 0.270 e. The predicted molar refractivity (Wildman–Crippen MR) is 87.9 cm³/mol. The van der Waals surface area contributed by atoms with Gasteiger partial charge < -0.3 is 5.32 Å². The van der Waals surface area contributed by atoms with Gasteiger partial charge in [0.2, 0.25) is 0 Å². The number of nitro benzene ring substituents is 1. The summed E-state index contributed by atoms with van der Waals surface area (Å²) in [6, 6.07) is 7.85. The molecule has 0 heterocycles. The highest BCUT2D eigenvalue weighted by Gasteiger charge is 2.16. The van der Waals surface area contributed by atoms with E-state index in [4.69, 9.17) is 0 Å². The standard InChI is InChI=1S/C13H7BrFIN2O3/c14-10-5-7(15)1-4-12(10)17-13(19)9-6-8(18(20)21)2-3-11(9)16/h1-6H,(H,17,19). The van der Waals surface area contributed by atoms with Crippen LogP contribution in [-0.4, -0.2) is 10.8 Å². The first-order valence-electron chi connectivity index (χ1n) is 5.59. The number of amides is 1. The number of anilines is 1. The predicted octanol–water partition coefficient (Wildman–Crippen LogP) is 4.35. The van der Waals surface area contributed by atoms with Crippen LogP contribution in [0.4, 0.5) is 15.8 Å². The Labute approximate surface area is 141 Å². The van der Waals surface area contributed by atoms with Crippen LogP contribution in [0.25, 0.3) is 0 Å². The van der Waals surface area contributed by atoms with E-state index in [0.29, 0.717) is 13.7 Å². The topological polar surface area (TPSA) is 72.2 Å². The number of carbonyl (C=O) groups excluding carboxylic acids is 1. The monoisotopic (exact) mass is 464 g/mol. The molecule has 0 unspecified atom stereocenters. The summed E-state index contributed by atoms with van der Waals surface area (Å²) in [5, 5.41) is 13.3. The summed E-state index contributed by atoms with van der Waals surface area (Å²) in [4.78, 5) is 22.4. The van der Waals surface area contributed by atoms with Gasteiger partial charge in [-0.25, -0.2) is 4.39 Å². The van der Waals surface area contributed by atoms with Gasteiger partial charge in [-0.1, -0.05) is 0 Å². The van der Waals surface area contributed by atoms with Gasteiger partial charge >= 0.3 is 0 Å². The molecule has 21 heavy (non-hydrogen) atoms. The number of benzene rings is 2. The van der Waals surface area contributed by atoms with Crippen LogP contribution in [0.1, 0.15) is 10.4 Å². The maximum atomic E-state index is 13.0. The largest absolute Gasteiger partial charge is 0.321 e. The third-order valence-electron chi connectivity index (χ3n) is 2.58. The van der Waals surface area contributed by atoms with E-state index in [2.05, 4.69) is 21.2 Å². The van der Waals surface area contributed by atoms with Gasteiger partial charge in [0, 0.05) is 20.2 Å². The number of halogens is 3. The van der Waals surface area contributed by atoms with E-state index in [0.717, 1.165) is 0 Å². The summed E-state index contributed by atoms with van der Waals surface area (Å²) >= 11 is 5.06. The van der Waals surface area contributed by atoms with Crippen molar-refractivity contribution >= 4 is 55.8 Å². The van der Waals surface area contributed by atoms with Gasteiger partial charge in [-0.2, -0.15) is 0 Å². The zero-order valence-electron chi connectivity index (χ0n) is 10.3. The highest BCUT2D eigenvalue weighted by Crippen LogP contribution is 2.25. The summed E-state index contributed by atoms with van der Waals surface area (Å²) in [5.74, 6) is -0.944. The zero-order chi connectivity index (χ0) is 15.6. The second kappa shape index (κ2) is 6.48. The van der Waals surface area contributed by atoms with Gasteiger partial charge in [0.25, 0.3) is 11.6 Å². The molecule has 1 amide bonds. The van der Waals surface area contributed by atoms with E-state index in [1.165, 1.54) is 36.4 Å². The van der Waals surface area contributed by atoms with Gasteiger partial charge in [-0.15, -0.1) is 0 Å². The summed E-state index contributed by atoms with van der Waals surface area (Å²) in [6.45, 7) is 0. The molecule has 0 aliphatic rings. The molecule has 2 aromatic carbocycles. The van der Waals surface area contributed by atoms with Gasteiger partial charge in [-0.3, -0.25) is 14.9 Å². The molecule has 0 spiro atoms. The maximum absolute atomic E-state index is 13.0. The minimum Gasteiger partial charge on any atom is -0.321 e. The lowest BCUT2D eigenvalue weighted by atomic mass is 10.2. The van der Waals surface area contributed by atoms with Crippen molar-refractivity contribution in [2.75, 3.05) is 5.32 Å². The molecule has 0 saturated heterocycles. The lowest BCUT2D eigenvalue weighted by Crippen LogP contribution is -2.14. The number of nitrogens with zero attached hydrogens (tertiary/aromatic N) is 1. The second-order valence-corrected chi connectivity index (χ2v) is 6.02. The highest BCUT2D eigenvalue weighted by molar-refractivity contribution is 14.1. The number of hydrogen-bond acceptors (Lipinski definition) is 3. The molecule has 0 bridgehead atoms. The van der Waals surface area contributed by atoms with Crippen molar-refractivity contribution in [1.29, 1.82) is 0 Å². The van der Waals surface area contributed by atoms with E-state index >= 15 is 0 Å². The lowest BCUT2D eigenvalue weighted by Gasteiger charge is -2.08. The Morgan fingerprint density at radius 3 is 2.62 bits per heavy atom. The number of nitrogens with one attached hydrogen (secondary N) is 1. The number of carbonyl (C=O) groups is 1. The van der Waals surface area contributed by atoms with Crippen molar-refractivity contribution < 1.29 is 14.1 Å². The molecule has 8 heteroatoms. The number of non-ortho nitro benzene ring substituents is 1. The molecule has 0 saturated carbocycles. The van der Waals surface area contributed by atoms with E-state index in [1.54, 1.807) is 0 Å². The summed E-state index contributed by atoms with van der Waals surface area (Å²) in [5.41, 5.74) is 0.392. The molecule has 0 fully saturated rings. The fourth-order valence-electron chi connectivity index (χ4n) is 1.58. The summed E-state index contributed by atoms with van der Waals surface area (Å²) in [6.07, 6.45) is 0. The van der Waals surface area contributed by atoms with Crippen LogP contribution in [0, 0.1) is 19.5 Å². The van der Waals surface area contributed by atoms with Crippen LogP contribution in [0.3, 0.4) is 0 Å². The first-order valence-corrected chi connectivity index (χ1v) is 7.46. The molecule has 1 N–H and O–H groups in total. The van der Waals surface area contributed by atoms with E-state index in [9.17, 15) is 19.3 Å². The van der Waals surface area contributed by atoms with Crippen molar-refractivity contribution in [2.24, 2.45) is 0 Å². The smallest absolute Gasteiger partial charge is 0.270 e. The molecule has 108 valence electrons. The molecule has 5 nitrogen and oxygen atoms in total. The van der Waals surface area contributed by atoms with Crippen LogP contribution in [0.15, 0.2) is 40.9 Å². The number of hydrogen-bond donors (Lipinski definition) is 1. The second-order valence-electron chi connectivity index (χ2n) is 4.00. The Bertz CT molecular complexity index is 739. The van der Waals surface area contributed by atoms with E-state index < -0.39 is 16.6 Å².